The summed E-state index contributed by atoms with van der Waals surface area (Å²) in [5.74, 6) is 0.400. The number of benzene rings is 1. The van der Waals surface area contributed by atoms with Crippen LogP contribution in [0.15, 0.2) is 29.2 Å². The number of hydrogen-bond donors (Lipinski definition) is 1. The van der Waals surface area contributed by atoms with Crippen molar-refractivity contribution in [2.75, 3.05) is 19.6 Å². The van der Waals surface area contributed by atoms with Gasteiger partial charge in [0.25, 0.3) is 0 Å². The molecule has 0 aliphatic carbocycles. The lowest BCUT2D eigenvalue weighted by atomic mass is 10.0. The molecule has 0 aromatic heterocycles. The Hall–Kier alpha value is -0.620. The molecule has 118 valence electrons. The fourth-order valence-corrected chi connectivity index (χ4v) is 4.36. The van der Waals surface area contributed by atoms with Gasteiger partial charge in [-0.25, -0.2) is 13.1 Å². The van der Waals surface area contributed by atoms with Crippen molar-refractivity contribution in [2.24, 2.45) is 5.92 Å². The lowest BCUT2D eigenvalue weighted by molar-refractivity contribution is 0.193. The van der Waals surface area contributed by atoms with Crippen molar-refractivity contribution in [1.29, 1.82) is 0 Å². The number of nitrogens with zero attached hydrogens (tertiary/aromatic N) is 1. The third kappa shape index (κ3) is 4.19. The Morgan fingerprint density at radius 1 is 1.24 bits per heavy atom. The van der Waals surface area contributed by atoms with E-state index in [2.05, 4.69) is 23.5 Å². The van der Waals surface area contributed by atoms with E-state index in [0.717, 1.165) is 13.1 Å². The Kier molecular flexibility index (Phi) is 5.66. The number of sulfonamides is 1. The predicted octanol–water partition coefficient (Wildman–Crippen LogP) is 2.74. The molecular weight excluding hydrogens is 308 g/mol. The van der Waals surface area contributed by atoms with Crippen molar-refractivity contribution in [3.05, 3.63) is 29.3 Å². The summed E-state index contributed by atoms with van der Waals surface area (Å²) in [5.41, 5.74) is 0. The van der Waals surface area contributed by atoms with Gasteiger partial charge >= 0.3 is 0 Å². The van der Waals surface area contributed by atoms with Crippen LogP contribution in [0.2, 0.25) is 5.02 Å². The fourth-order valence-electron chi connectivity index (χ4n) is 2.80. The van der Waals surface area contributed by atoms with E-state index < -0.39 is 10.0 Å². The van der Waals surface area contributed by atoms with Crippen LogP contribution in [0.25, 0.3) is 0 Å². The predicted molar refractivity (Wildman–Crippen MR) is 86.1 cm³/mol. The Morgan fingerprint density at radius 2 is 1.86 bits per heavy atom. The van der Waals surface area contributed by atoms with Gasteiger partial charge in [0.2, 0.25) is 10.0 Å². The normalized spacial score (nSPS) is 18.3. The highest BCUT2D eigenvalue weighted by Gasteiger charge is 2.27. The molecule has 1 atom stereocenters. The molecule has 0 spiro atoms. The number of halogens is 1. The average Bonchev–Trinajstić information content (AvgIpc) is 2.92. The van der Waals surface area contributed by atoms with Gasteiger partial charge in [-0.15, -0.1) is 0 Å². The average molecular weight is 331 g/mol. The van der Waals surface area contributed by atoms with Crippen LogP contribution < -0.4 is 4.72 Å². The maximum atomic E-state index is 12.4. The molecule has 0 radical (unpaired) electrons. The summed E-state index contributed by atoms with van der Waals surface area (Å²) in [4.78, 5) is 2.52. The molecule has 0 amide bonds. The van der Waals surface area contributed by atoms with Crippen LogP contribution in [0.3, 0.4) is 0 Å². The molecule has 1 N–H and O–H groups in total. The lowest BCUT2D eigenvalue weighted by Gasteiger charge is -2.30. The van der Waals surface area contributed by atoms with Crippen LogP contribution >= 0.6 is 11.6 Å². The SMILES string of the molecule is CC(C)C(CNS(=O)(=O)c1ccccc1Cl)N1CCCC1. The van der Waals surface area contributed by atoms with Crippen molar-refractivity contribution in [3.63, 3.8) is 0 Å². The third-order valence-electron chi connectivity index (χ3n) is 3.99. The highest BCUT2D eigenvalue weighted by atomic mass is 35.5. The first-order valence-electron chi connectivity index (χ1n) is 7.40. The molecule has 1 unspecified atom stereocenters. The van der Waals surface area contributed by atoms with Crippen LogP contribution in [0.1, 0.15) is 26.7 Å². The molecule has 0 saturated carbocycles. The minimum Gasteiger partial charge on any atom is -0.299 e. The van der Waals surface area contributed by atoms with E-state index in [1.807, 2.05) is 0 Å². The van der Waals surface area contributed by atoms with Crippen LogP contribution in [0.5, 0.6) is 0 Å². The second-order valence-corrected chi connectivity index (χ2v) is 7.98. The van der Waals surface area contributed by atoms with Gasteiger partial charge in [0.05, 0.1) is 5.02 Å². The largest absolute Gasteiger partial charge is 0.299 e. The van der Waals surface area contributed by atoms with E-state index in [1.165, 1.54) is 18.9 Å². The second-order valence-electron chi connectivity index (χ2n) is 5.84. The fraction of sp³-hybridized carbons (Fsp3) is 0.600. The molecule has 1 aromatic carbocycles. The summed E-state index contributed by atoms with van der Waals surface area (Å²) in [5, 5.41) is 0.257. The van der Waals surface area contributed by atoms with Gasteiger partial charge in [-0.1, -0.05) is 37.6 Å². The molecule has 6 heteroatoms. The van der Waals surface area contributed by atoms with Gasteiger partial charge in [-0.3, -0.25) is 4.90 Å². The maximum Gasteiger partial charge on any atom is 0.242 e. The van der Waals surface area contributed by atoms with Crippen molar-refractivity contribution < 1.29 is 8.42 Å². The zero-order valence-electron chi connectivity index (χ0n) is 12.5. The van der Waals surface area contributed by atoms with Gasteiger partial charge in [0.15, 0.2) is 0 Å². The summed E-state index contributed by atoms with van der Waals surface area (Å²) in [6.07, 6.45) is 2.39. The van der Waals surface area contributed by atoms with Crippen LogP contribution in [-0.2, 0) is 10.0 Å². The summed E-state index contributed by atoms with van der Waals surface area (Å²) >= 11 is 5.98. The van der Waals surface area contributed by atoms with Crippen LogP contribution in [0.4, 0.5) is 0 Å². The van der Waals surface area contributed by atoms with E-state index in [-0.39, 0.29) is 16.0 Å². The van der Waals surface area contributed by atoms with Gasteiger partial charge in [-0.2, -0.15) is 0 Å². The van der Waals surface area contributed by atoms with Gasteiger partial charge in [-0.05, 0) is 44.0 Å². The molecule has 21 heavy (non-hydrogen) atoms. The molecule has 1 aromatic rings. The molecule has 4 nitrogen and oxygen atoms in total. The minimum absolute atomic E-state index is 0.149. The Bertz CT molecular complexity index is 569. The Morgan fingerprint density at radius 3 is 2.43 bits per heavy atom. The topological polar surface area (TPSA) is 49.4 Å². The summed E-state index contributed by atoms with van der Waals surface area (Å²) in [7, 11) is -3.56. The van der Waals surface area contributed by atoms with Gasteiger partial charge in [0, 0.05) is 12.6 Å². The first kappa shape index (κ1) is 16.7. The Balaban J connectivity index is 2.08. The molecule has 1 aliphatic rings. The summed E-state index contributed by atoms with van der Waals surface area (Å²) < 4.78 is 27.5. The second kappa shape index (κ2) is 7.09. The van der Waals surface area contributed by atoms with E-state index in [1.54, 1.807) is 18.2 Å². The highest BCUT2D eigenvalue weighted by Crippen LogP contribution is 2.21. The van der Waals surface area contributed by atoms with Crippen molar-refractivity contribution in [2.45, 2.75) is 37.6 Å². The molecule has 2 rings (SSSR count). The van der Waals surface area contributed by atoms with E-state index in [0.29, 0.717) is 12.5 Å². The standard InChI is InChI=1S/C15H23ClN2O2S/c1-12(2)14(18-9-5-6-10-18)11-17-21(19,20)15-8-4-3-7-13(15)16/h3-4,7-8,12,14,17H,5-6,9-11H2,1-2H3. The number of nitrogens with one attached hydrogen (secondary N) is 1. The monoisotopic (exact) mass is 330 g/mol. The van der Waals surface area contributed by atoms with Crippen molar-refractivity contribution >= 4 is 21.6 Å². The van der Waals surface area contributed by atoms with Gasteiger partial charge < -0.3 is 0 Å². The van der Waals surface area contributed by atoms with Crippen molar-refractivity contribution in [1.82, 2.24) is 9.62 Å². The molecule has 1 heterocycles. The van der Waals surface area contributed by atoms with Gasteiger partial charge in [0.1, 0.15) is 4.90 Å². The molecule has 1 aliphatic heterocycles. The van der Waals surface area contributed by atoms with Crippen LogP contribution in [0, 0.1) is 5.92 Å². The maximum absolute atomic E-state index is 12.4. The van der Waals surface area contributed by atoms with Crippen molar-refractivity contribution in [3.8, 4) is 0 Å². The van der Waals surface area contributed by atoms with E-state index in [4.69, 9.17) is 11.6 Å². The van der Waals surface area contributed by atoms with E-state index >= 15 is 0 Å². The first-order chi connectivity index (χ1) is 9.92. The minimum atomic E-state index is -3.56. The zero-order valence-corrected chi connectivity index (χ0v) is 14.1. The quantitative estimate of drug-likeness (QED) is 0.872. The first-order valence-corrected chi connectivity index (χ1v) is 9.26. The molecule has 0 bridgehead atoms. The summed E-state index contributed by atoms with van der Waals surface area (Å²) in [6.45, 7) is 6.79. The van der Waals surface area contributed by atoms with Crippen LogP contribution in [-0.4, -0.2) is 39.0 Å². The summed E-state index contributed by atoms with van der Waals surface area (Å²) in [6, 6.07) is 6.76. The third-order valence-corrected chi connectivity index (χ3v) is 5.91. The smallest absolute Gasteiger partial charge is 0.242 e. The molecular formula is C15H23ClN2O2S. The lowest BCUT2D eigenvalue weighted by Crippen LogP contribution is -2.45. The number of likely N-dealkylation sites (tertiary alicyclic amines) is 1. The number of hydrogen-bond acceptors (Lipinski definition) is 3. The molecule has 1 fully saturated rings. The number of rotatable bonds is 6. The molecule has 1 saturated heterocycles. The Labute approximate surface area is 132 Å². The zero-order chi connectivity index (χ0) is 15.5. The van der Waals surface area contributed by atoms with E-state index in [9.17, 15) is 8.42 Å². The highest BCUT2D eigenvalue weighted by molar-refractivity contribution is 7.89.